The zero-order valence-corrected chi connectivity index (χ0v) is 13.2. The van der Waals surface area contributed by atoms with Gasteiger partial charge in [-0.25, -0.2) is 0 Å². The van der Waals surface area contributed by atoms with Crippen LogP contribution in [0.25, 0.3) is 11.0 Å². The summed E-state index contributed by atoms with van der Waals surface area (Å²) >= 11 is 0. The summed E-state index contributed by atoms with van der Waals surface area (Å²) < 4.78 is 11.6. The maximum Gasteiger partial charge on any atom is 0.138 e. The molecule has 0 spiro atoms. The first-order valence-electron chi connectivity index (χ1n) is 7.33. The third kappa shape index (κ3) is 2.74. The van der Waals surface area contributed by atoms with Crippen LogP contribution in [-0.4, -0.2) is 13.7 Å². The molecule has 2 aromatic rings. The summed E-state index contributed by atoms with van der Waals surface area (Å²) in [7, 11) is 1.73. The van der Waals surface area contributed by atoms with Gasteiger partial charge in [-0.2, -0.15) is 0 Å². The molecule has 0 unspecified atom stereocenters. The molecule has 0 saturated carbocycles. The van der Waals surface area contributed by atoms with E-state index in [-0.39, 0.29) is 0 Å². The van der Waals surface area contributed by atoms with Crippen LogP contribution in [-0.2, 0) is 17.9 Å². The van der Waals surface area contributed by atoms with Crippen molar-refractivity contribution < 1.29 is 9.15 Å². The van der Waals surface area contributed by atoms with Crippen molar-refractivity contribution in [3.8, 4) is 0 Å². The Balaban J connectivity index is 2.64. The van der Waals surface area contributed by atoms with Gasteiger partial charge in [0.2, 0.25) is 0 Å². The molecule has 0 aliphatic carbocycles. The summed E-state index contributed by atoms with van der Waals surface area (Å²) in [5.74, 6) is 1.45. The number of aryl methyl sites for hydroxylation is 1. The summed E-state index contributed by atoms with van der Waals surface area (Å²) in [6.07, 6.45) is 0. The number of benzene rings is 1. The van der Waals surface area contributed by atoms with Gasteiger partial charge >= 0.3 is 0 Å². The Morgan fingerprint density at radius 3 is 2.65 bits per heavy atom. The maximum absolute atomic E-state index is 6.18. The van der Waals surface area contributed by atoms with E-state index >= 15 is 0 Å². The molecular weight excluding hydrogens is 250 g/mol. The van der Waals surface area contributed by atoms with Crippen molar-refractivity contribution in [3.05, 3.63) is 34.6 Å². The molecule has 0 aliphatic rings. The van der Waals surface area contributed by atoms with E-state index in [1.165, 1.54) is 22.1 Å². The molecule has 1 aromatic carbocycles. The Labute approximate surface area is 121 Å². The van der Waals surface area contributed by atoms with E-state index in [0.29, 0.717) is 12.5 Å². The van der Waals surface area contributed by atoms with Crippen LogP contribution in [0.1, 0.15) is 49.1 Å². The molecular formula is C17H25NO2. The van der Waals surface area contributed by atoms with Gasteiger partial charge in [-0.15, -0.1) is 0 Å². The molecule has 0 saturated heterocycles. The third-order valence-corrected chi connectivity index (χ3v) is 3.71. The lowest BCUT2D eigenvalue weighted by Crippen LogP contribution is -2.12. The molecule has 0 atom stereocenters. The minimum absolute atomic E-state index is 0.451. The van der Waals surface area contributed by atoms with E-state index in [9.17, 15) is 0 Å². The van der Waals surface area contributed by atoms with Crippen molar-refractivity contribution in [2.75, 3.05) is 13.7 Å². The van der Waals surface area contributed by atoms with Crippen LogP contribution in [0.3, 0.4) is 0 Å². The lowest BCUT2D eigenvalue weighted by molar-refractivity contribution is 0.183. The van der Waals surface area contributed by atoms with Crippen molar-refractivity contribution in [1.82, 2.24) is 5.32 Å². The average Bonchev–Trinajstić information content (AvgIpc) is 2.76. The first kappa shape index (κ1) is 15.1. The molecule has 1 N–H and O–H groups in total. The molecule has 1 heterocycles. The van der Waals surface area contributed by atoms with Gasteiger partial charge in [0.1, 0.15) is 11.3 Å². The minimum atomic E-state index is 0.451. The summed E-state index contributed by atoms with van der Waals surface area (Å²) in [6.45, 7) is 10.9. The van der Waals surface area contributed by atoms with Crippen LogP contribution in [0, 0.1) is 6.92 Å². The van der Waals surface area contributed by atoms with Crippen LogP contribution in [0.15, 0.2) is 16.5 Å². The quantitative estimate of drug-likeness (QED) is 0.861. The number of nitrogens with one attached hydrogen (secondary N) is 1. The van der Waals surface area contributed by atoms with Crippen LogP contribution < -0.4 is 5.32 Å². The van der Waals surface area contributed by atoms with Gasteiger partial charge in [-0.3, -0.25) is 0 Å². The first-order chi connectivity index (χ1) is 9.60. The number of furan rings is 1. The van der Waals surface area contributed by atoms with E-state index in [0.717, 1.165) is 24.4 Å². The fourth-order valence-electron chi connectivity index (χ4n) is 2.64. The molecule has 0 aliphatic heterocycles. The van der Waals surface area contributed by atoms with E-state index in [2.05, 4.69) is 45.1 Å². The minimum Gasteiger partial charge on any atom is -0.459 e. The molecule has 3 nitrogen and oxygen atoms in total. The standard InChI is InChI=1S/C17H25NO2/c1-6-18-9-15-14(10-19-5)16-12(4)7-8-13(11(2)3)17(16)20-15/h7-8,11,18H,6,9-10H2,1-5H3. The van der Waals surface area contributed by atoms with Crippen LogP contribution in [0.2, 0.25) is 0 Å². The molecule has 1 aromatic heterocycles. The van der Waals surface area contributed by atoms with Gasteiger partial charge < -0.3 is 14.5 Å². The Kier molecular flexibility index (Phi) is 4.84. The van der Waals surface area contributed by atoms with E-state index in [1.54, 1.807) is 7.11 Å². The highest BCUT2D eigenvalue weighted by molar-refractivity contribution is 5.88. The van der Waals surface area contributed by atoms with Crippen molar-refractivity contribution >= 4 is 11.0 Å². The van der Waals surface area contributed by atoms with Gasteiger partial charge in [-0.1, -0.05) is 32.9 Å². The summed E-state index contributed by atoms with van der Waals surface area (Å²) in [4.78, 5) is 0. The molecule has 3 heteroatoms. The molecule has 0 bridgehead atoms. The van der Waals surface area contributed by atoms with Gasteiger partial charge in [0.25, 0.3) is 0 Å². The summed E-state index contributed by atoms with van der Waals surface area (Å²) in [5.41, 5.74) is 4.73. The number of rotatable bonds is 6. The normalized spacial score (nSPS) is 11.7. The smallest absolute Gasteiger partial charge is 0.138 e. The SMILES string of the molecule is CCNCc1oc2c(C(C)C)ccc(C)c2c1COC. The molecule has 0 fully saturated rings. The van der Waals surface area contributed by atoms with Crippen LogP contribution in [0.5, 0.6) is 0 Å². The fraction of sp³-hybridized carbons (Fsp3) is 0.529. The van der Waals surface area contributed by atoms with E-state index < -0.39 is 0 Å². The number of fused-ring (bicyclic) bond motifs is 1. The second-order valence-electron chi connectivity index (χ2n) is 5.55. The van der Waals surface area contributed by atoms with Gasteiger partial charge in [-0.05, 0) is 30.5 Å². The molecule has 110 valence electrons. The maximum atomic E-state index is 6.18. The lowest BCUT2D eigenvalue weighted by atomic mass is 9.97. The van der Waals surface area contributed by atoms with Crippen molar-refractivity contribution in [2.45, 2.75) is 46.8 Å². The van der Waals surface area contributed by atoms with Gasteiger partial charge in [0, 0.05) is 18.1 Å². The monoisotopic (exact) mass is 275 g/mol. The summed E-state index contributed by atoms with van der Waals surface area (Å²) in [6, 6.07) is 4.36. The van der Waals surface area contributed by atoms with Crippen molar-refractivity contribution in [3.63, 3.8) is 0 Å². The second-order valence-corrected chi connectivity index (χ2v) is 5.55. The fourth-order valence-corrected chi connectivity index (χ4v) is 2.64. The molecule has 20 heavy (non-hydrogen) atoms. The van der Waals surface area contributed by atoms with E-state index in [1.807, 2.05) is 0 Å². The largest absolute Gasteiger partial charge is 0.459 e. The number of ether oxygens (including phenoxy) is 1. The predicted molar refractivity (Wildman–Crippen MR) is 83.1 cm³/mol. The second kappa shape index (κ2) is 6.42. The van der Waals surface area contributed by atoms with Gasteiger partial charge in [0.05, 0.1) is 13.2 Å². The molecule has 0 amide bonds. The third-order valence-electron chi connectivity index (χ3n) is 3.71. The Morgan fingerprint density at radius 1 is 1.30 bits per heavy atom. The number of hydrogen-bond acceptors (Lipinski definition) is 3. The first-order valence-corrected chi connectivity index (χ1v) is 7.33. The zero-order valence-electron chi connectivity index (χ0n) is 13.2. The Morgan fingerprint density at radius 2 is 2.05 bits per heavy atom. The Hall–Kier alpha value is -1.32. The highest BCUT2D eigenvalue weighted by Gasteiger charge is 2.19. The van der Waals surface area contributed by atoms with E-state index in [4.69, 9.17) is 9.15 Å². The molecule has 0 radical (unpaired) electrons. The number of methoxy groups -OCH3 is 1. The average molecular weight is 275 g/mol. The topological polar surface area (TPSA) is 34.4 Å². The molecule has 2 rings (SSSR count). The Bertz CT molecular complexity index is 584. The highest BCUT2D eigenvalue weighted by atomic mass is 16.5. The zero-order chi connectivity index (χ0) is 14.7. The van der Waals surface area contributed by atoms with Crippen molar-refractivity contribution in [2.24, 2.45) is 0 Å². The highest BCUT2D eigenvalue weighted by Crippen LogP contribution is 2.34. The lowest BCUT2D eigenvalue weighted by Gasteiger charge is -2.08. The van der Waals surface area contributed by atoms with Gasteiger partial charge in [0.15, 0.2) is 0 Å². The summed E-state index contributed by atoms with van der Waals surface area (Å²) in [5, 5.41) is 4.57. The van der Waals surface area contributed by atoms with Crippen LogP contribution >= 0.6 is 0 Å². The number of hydrogen-bond donors (Lipinski definition) is 1. The van der Waals surface area contributed by atoms with Crippen LogP contribution in [0.4, 0.5) is 0 Å². The predicted octanol–water partition coefficient (Wildman–Crippen LogP) is 4.12. The van der Waals surface area contributed by atoms with Crippen molar-refractivity contribution in [1.29, 1.82) is 0 Å².